The number of carboxylic acids is 1. The van der Waals surface area contributed by atoms with Crippen molar-refractivity contribution in [3.05, 3.63) is 0 Å². The second-order valence-corrected chi connectivity index (χ2v) is 0.861. The van der Waals surface area contributed by atoms with Crippen LogP contribution >= 0.6 is 0 Å². The van der Waals surface area contributed by atoms with Gasteiger partial charge in [0, 0.05) is 6.92 Å². The van der Waals surface area contributed by atoms with Crippen molar-refractivity contribution >= 4 is 11.8 Å². The van der Waals surface area contributed by atoms with Gasteiger partial charge in [0.25, 0.3) is 0 Å². The Balaban J connectivity index is -0.0000000417. The summed E-state index contributed by atoms with van der Waals surface area (Å²) < 4.78 is 0. The van der Waals surface area contributed by atoms with Crippen molar-refractivity contribution in [1.82, 2.24) is 0 Å². The van der Waals surface area contributed by atoms with Crippen LogP contribution in [0.4, 0.5) is 0 Å². The molecule has 0 amide bonds. The predicted molar refractivity (Wildman–Crippen MR) is 23.0 cm³/mol. The molecule has 0 saturated carbocycles. The number of hydrogen-bond acceptors (Lipinski definition) is 2. The summed E-state index contributed by atoms with van der Waals surface area (Å²) in [7, 11) is 0. The predicted octanol–water partition coefficient (Wildman–Crippen LogP) is -4.05. The fraction of sp³-hybridized carbons (Fsp3) is 0.333. The van der Waals surface area contributed by atoms with Crippen LogP contribution in [-0.4, -0.2) is 22.3 Å². The number of Topliss-reactive ketones (excluding diaryl/α,β-unsaturated/α-hetero) is 1. The molecule has 0 fully saturated rings. The standard InChI is InChI=1S/C3H4O3.Li.H2O.H/c1-2(4)3(5)6;;;/h1H3,(H,5,6);;1H2;/q;+1;;-1. The Morgan fingerprint density at radius 3 is 1.62 bits per heavy atom. The molecule has 0 aliphatic heterocycles. The summed E-state index contributed by atoms with van der Waals surface area (Å²) in [6.07, 6.45) is 0. The average Bonchev–Trinajstić information content (AvgIpc) is 1.36. The Bertz CT molecular complexity index is 81.8. The van der Waals surface area contributed by atoms with Crippen molar-refractivity contribution in [3.63, 3.8) is 0 Å². The largest absolute Gasteiger partial charge is 1.00 e. The molecule has 0 aliphatic carbocycles. The van der Waals surface area contributed by atoms with Crippen LogP contribution in [0.5, 0.6) is 0 Å². The van der Waals surface area contributed by atoms with E-state index in [1.54, 1.807) is 0 Å². The third kappa shape index (κ3) is 9.20. The Labute approximate surface area is 59.8 Å². The molecule has 0 bridgehead atoms. The second-order valence-electron chi connectivity index (χ2n) is 0.861. The molecule has 0 aromatic heterocycles. The first kappa shape index (κ1) is 15.6. The average molecular weight is 114 g/mol. The minimum absolute atomic E-state index is 0. The topological polar surface area (TPSA) is 85.9 Å². The van der Waals surface area contributed by atoms with Gasteiger partial charge in [-0.05, 0) is 0 Å². The van der Waals surface area contributed by atoms with Crippen molar-refractivity contribution in [2.24, 2.45) is 0 Å². The zero-order valence-electron chi connectivity index (χ0n) is 5.76. The van der Waals surface area contributed by atoms with Crippen LogP contribution in [0.15, 0.2) is 0 Å². The van der Waals surface area contributed by atoms with Crippen LogP contribution in [0.2, 0.25) is 0 Å². The summed E-state index contributed by atoms with van der Waals surface area (Å²) >= 11 is 0. The summed E-state index contributed by atoms with van der Waals surface area (Å²) in [6, 6.07) is 0. The first-order chi connectivity index (χ1) is 2.64. The van der Waals surface area contributed by atoms with E-state index in [-0.39, 0.29) is 25.8 Å². The van der Waals surface area contributed by atoms with Gasteiger partial charge in [0.15, 0.2) is 0 Å². The summed E-state index contributed by atoms with van der Waals surface area (Å²) in [4.78, 5) is 18.9. The van der Waals surface area contributed by atoms with Crippen molar-refractivity contribution in [3.8, 4) is 0 Å². The molecular formula is C3H7LiO4. The fourth-order valence-corrected chi connectivity index (χ4v) is 0. The van der Waals surface area contributed by atoms with Gasteiger partial charge in [0.05, 0.1) is 0 Å². The van der Waals surface area contributed by atoms with Crippen molar-refractivity contribution in [2.45, 2.75) is 6.92 Å². The third-order valence-electron chi connectivity index (χ3n) is 0.301. The second kappa shape index (κ2) is 6.70. The van der Waals surface area contributed by atoms with Crippen LogP contribution in [0, 0.1) is 0 Å². The number of hydrogen-bond donors (Lipinski definition) is 1. The number of carbonyl (C=O) groups is 2. The Kier molecular flexibility index (Phi) is 13.1. The van der Waals surface area contributed by atoms with E-state index in [2.05, 4.69) is 0 Å². The van der Waals surface area contributed by atoms with Gasteiger partial charge in [-0.1, -0.05) is 0 Å². The fourth-order valence-electron chi connectivity index (χ4n) is 0. The molecule has 0 unspecified atom stereocenters. The monoisotopic (exact) mass is 114 g/mol. The van der Waals surface area contributed by atoms with Crippen LogP contribution in [-0.2, 0) is 9.59 Å². The minimum atomic E-state index is -1.38. The zero-order chi connectivity index (χ0) is 5.15. The number of carboxylic acid groups (broad SMARTS) is 1. The summed E-state index contributed by atoms with van der Waals surface area (Å²) in [5.74, 6) is -2.20. The van der Waals surface area contributed by atoms with Gasteiger partial charge in [-0.25, -0.2) is 4.79 Å². The summed E-state index contributed by atoms with van der Waals surface area (Å²) in [5, 5.41) is 7.64. The molecular weight excluding hydrogens is 107 g/mol. The third-order valence-corrected chi connectivity index (χ3v) is 0.301. The molecule has 3 N–H and O–H groups in total. The molecule has 4 nitrogen and oxygen atoms in total. The van der Waals surface area contributed by atoms with E-state index in [0.29, 0.717) is 0 Å². The van der Waals surface area contributed by atoms with E-state index in [4.69, 9.17) is 5.11 Å². The van der Waals surface area contributed by atoms with Crippen molar-refractivity contribution in [1.29, 1.82) is 0 Å². The summed E-state index contributed by atoms with van der Waals surface area (Å²) in [6.45, 7) is 1.00. The molecule has 0 atom stereocenters. The maximum atomic E-state index is 9.54. The van der Waals surface area contributed by atoms with Crippen molar-refractivity contribution < 1.29 is 40.5 Å². The van der Waals surface area contributed by atoms with E-state index in [1.807, 2.05) is 0 Å². The van der Waals surface area contributed by atoms with Crippen LogP contribution in [0.3, 0.4) is 0 Å². The Hall–Kier alpha value is -0.303. The van der Waals surface area contributed by atoms with Gasteiger partial charge in [0.1, 0.15) is 0 Å². The first-order valence-electron chi connectivity index (χ1n) is 1.38. The molecule has 0 aromatic carbocycles. The molecule has 44 valence electrons. The summed E-state index contributed by atoms with van der Waals surface area (Å²) in [5.41, 5.74) is 0. The van der Waals surface area contributed by atoms with Gasteiger partial charge in [-0.15, -0.1) is 0 Å². The Morgan fingerprint density at radius 1 is 1.50 bits per heavy atom. The smallest absolute Gasteiger partial charge is 1.00 e. The normalized spacial score (nSPS) is 5.62. The van der Waals surface area contributed by atoms with Gasteiger partial charge in [0.2, 0.25) is 5.78 Å². The van der Waals surface area contributed by atoms with Crippen LogP contribution < -0.4 is 18.9 Å². The van der Waals surface area contributed by atoms with Crippen molar-refractivity contribution in [2.75, 3.05) is 0 Å². The molecule has 0 radical (unpaired) electrons. The van der Waals surface area contributed by atoms with Gasteiger partial charge >= 0.3 is 24.8 Å². The van der Waals surface area contributed by atoms with E-state index in [9.17, 15) is 9.59 Å². The Morgan fingerprint density at radius 2 is 1.62 bits per heavy atom. The van der Waals surface area contributed by atoms with E-state index >= 15 is 0 Å². The number of rotatable bonds is 1. The van der Waals surface area contributed by atoms with Gasteiger partial charge in [-0.2, -0.15) is 0 Å². The molecule has 0 spiro atoms. The van der Waals surface area contributed by atoms with Gasteiger partial charge in [-0.3, -0.25) is 4.79 Å². The number of aliphatic carboxylic acids is 1. The molecule has 0 heterocycles. The zero-order valence-corrected chi connectivity index (χ0v) is 4.76. The van der Waals surface area contributed by atoms with E-state index in [0.717, 1.165) is 6.92 Å². The molecule has 5 heteroatoms. The number of ketones is 1. The van der Waals surface area contributed by atoms with Crippen LogP contribution in [0.1, 0.15) is 8.35 Å². The quantitative estimate of drug-likeness (QED) is 0.278. The number of carbonyl (C=O) groups excluding carboxylic acids is 1. The molecule has 0 rings (SSSR count). The van der Waals surface area contributed by atoms with Crippen LogP contribution in [0.25, 0.3) is 0 Å². The van der Waals surface area contributed by atoms with E-state index < -0.39 is 11.8 Å². The molecule has 0 aliphatic rings. The minimum Gasteiger partial charge on any atom is -1.00 e. The maximum Gasteiger partial charge on any atom is 1.00 e. The van der Waals surface area contributed by atoms with Gasteiger partial charge < -0.3 is 12.0 Å². The maximum absolute atomic E-state index is 9.54. The van der Waals surface area contributed by atoms with E-state index in [1.165, 1.54) is 0 Å². The molecule has 8 heavy (non-hydrogen) atoms. The molecule has 0 saturated heterocycles. The first-order valence-corrected chi connectivity index (χ1v) is 1.38. The SMILES string of the molecule is CC(=O)C(=O)O.O.[H-].[Li+]. The molecule has 0 aromatic rings.